The van der Waals surface area contributed by atoms with E-state index in [0.717, 1.165) is 5.56 Å². The molecule has 0 aliphatic carbocycles. The summed E-state index contributed by atoms with van der Waals surface area (Å²) < 4.78 is 5.00. The molecule has 1 atom stereocenters. The van der Waals surface area contributed by atoms with E-state index in [1.165, 1.54) is 0 Å². The lowest BCUT2D eigenvalue weighted by molar-refractivity contribution is -0.145. The SMILES string of the molecule is CCOC(=O)C(CC)c1cc(Cl)ccc1Cl. The Morgan fingerprint density at radius 2 is 2.06 bits per heavy atom. The van der Waals surface area contributed by atoms with Crippen LogP contribution in [0.3, 0.4) is 0 Å². The Balaban J connectivity index is 3.03. The molecule has 0 heterocycles. The maximum absolute atomic E-state index is 11.7. The molecule has 0 bridgehead atoms. The number of carbonyl (C=O) groups is 1. The molecule has 0 aliphatic rings. The monoisotopic (exact) mass is 260 g/mol. The number of hydrogen-bond donors (Lipinski definition) is 0. The second-order valence-corrected chi connectivity index (χ2v) is 4.22. The summed E-state index contributed by atoms with van der Waals surface area (Å²) in [6, 6.07) is 5.11. The highest BCUT2D eigenvalue weighted by Crippen LogP contribution is 2.30. The largest absolute Gasteiger partial charge is 0.466 e. The van der Waals surface area contributed by atoms with Crippen molar-refractivity contribution in [3.05, 3.63) is 33.8 Å². The van der Waals surface area contributed by atoms with Gasteiger partial charge in [0.1, 0.15) is 0 Å². The summed E-state index contributed by atoms with van der Waals surface area (Å²) >= 11 is 11.9. The van der Waals surface area contributed by atoms with Crippen LogP contribution in [0, 0.1) is 0 Å². The van der Waals surface area contributed by atoms with Gasteiger partial charge in [-0.05, 0) is 37.1 Å². The van der Waals surface area contributed by atoms with Gasteiger partial charge in [-0.3, -0.25) is 4.79 Å². The van der Waals surface area contributed by atoms with E-state index < -0.39 is 0 Å². The number of halogens is 2. The molecule has 0 fully saturated rings. The van der Waals surface area contributed by atoms with Gasteiger partial charge in [0, 0.05) is 10.0 Å². The summed E-state index contributed by atoms with van der Waals surface area (Å²) in [4.78, 5) is 11.7. The lowest BCUT2D eigenvalue weighted by Crippen LogP contribution is -2.15. The summed E-state index contributed by atoms with van der Waals surface area (Å²) in [6.07, 6.45) is 0.638. The molecular weight excluding hydrogens is 247 g/mol. The minimum Gasteiger partial charge on any atom is -0.466 e. The van der Waals surface area contributed by atoms with Crippen molar-refractivity contribution in [2.24, 2.45) is 0 Å². The zero-order valence-corrected chi connectivity index (χ0v) is 10.8. The minimum atomic E-state index is -0.342. The molecule has 1 unspecified atom stereocenters. The number of esters is 1. The van der Waals surface area contributed by atoms with Gasteiger partial charge >= 0.3 is 5.97 Å². The van der Waals surface area contributed by atoms with Crippen molar-refractivity contribution in [2.75, 3.05) is 6.61 Å². The van der Waals surface area contributed by atoms with Gasteiger partial charge in [-0.2, -0.15) is 0 Å². The second-order valence-electron chi connectivity index (χ2n) is 3.38. The molecule has 0 N–H and O–H groups in total. The Bertz CT molecular complexity index is 377. The maximum atomic E-state index is 11.7. The molecule has 2 nitrogen and oxygen atoms in total. The first-order valence-electron chi connectivity index (χ1n) is 5.21. The van der Waals surface area contributed by atoms with Crippen LogP contribution < -0.4 is 0 Å². The molecule has 16 heavy (non-hydrogen) atoms. The molecule has 0 aromatic heterocycles. The molecule has 0 aliphatic heterocycles. The highest BCUT2D eigenvalue weighted by atomic mass is 35.5. The van der Waals surface area contributed by atoms with Crippen LogP contribution in [0.25, 0.3) is 0 Å². The van der Waals surface area contributed by atoms with Crippen LogP contribution in [-0.4, -0.2) is 12.6 Å². The molecule has 1 rings (SSSR count). The smallest absolute Gasteiger partial charge is 0.313 e. The Morgan fingerprint density at radius 3 is 2.62 bits per heavy atom. The zero-order chi connectivity index (χ0) is 12.1. The fourth-order valence-electron chi connectivity index (χ4n) is 1.54. The first kappa shape index (κ1) is 13.3. The van der Waals surface area contributed by atoms with Gasteiger partial charge in [0.2, 0.25) is 0 Å². The quantitative estimate of drug-likeness (QED) is 0.764. The van der Waals surface area contributed by atoms with Gasteiger partial charge in [0.15, 0.2) is 0 Å². The topological polar surface area (TPSA) is 26.3 Å². The number of hydrogen-bond acceptors (Lipinski definition) is 2. The highest BCUT2D eigenvalue weighted by molar-refractivity contribution is 6.33. The predicted molar refractivity (Wildman–Crippen MR) is 66.1 cm³/mol. The zero-order valence-electron chi connectivity index (χ0n) is 9.30. The molecular formula is C12H14Cl2O2. The van der Waals surface area contributed by atoms with E-state index in [1.54, 1.807) is 25.1 Å². The summed E-state index contributed by atoms with van der Waals surface area (Å²) in [7, 11) is 0. The molecule has 4 heteroatoms. The van der Waals surface area contributed by atoms with Crippen LogP contribution in [0.4, 0.5) is 0 Å². The van der Waals surface area contributed by atoms with Gasteiger partial charge in [-0.15, -0.1) is 0 Å². The van der Waals surface area contributed by atoms with Crippen molar-refractivity contribution in [1.29, 1.82) is 0 Å². The summed E-state index contributed by atoms with van der Waals surface area (Å²) in [6.45, 7) is 4.07. The predicted octanol–water partition coefficient (Wildman–Crippen LogP) is 4.05. The minimum absolute atomic E-state index is 0.255. The van der Waals surface area contributed by atoms with Crippen molar-refractivity contribution >= 4 is 29.2 Å². The van der Waals surface area contributed by atoms with Crippen LogP contribution >= 0.6 is 23.2 Å². The Hall–Kier alpha value is -0.730. The van der Waals surface area contributed by atoms with Crippen LogP contribution in [0.1, 0.15) is 31.7 Å². The van der Waals surface area contributed by atoms with E-state index in [1.807, 2.05) is 6.92 Å². The molecule has 88 valence electrons. The van der Waals surface area contributed by atoms with Gasteiger partial charge in [0.25, 0.3) is 0 Å². The molecule has 0 saturated carbocycles. The van der Waals surface area contributed by atoms with Crippen molar-refractivity contribution < 1.29 is 9.53 Å². The fraction of sp³-hybridized carbons (Fsp3) is 0.417. The number of ether oxygens (including phenoxy) is 1. The molecule has 0 saturated heterocycles. The first-order valence-corrected chi connectivity index (χ1v) is 5.97. The van der Waals surface area contributed by atoms with Crippen LogP contribution in [0.2, 0.25) is 10.0 Å². The molecule has 1 aromatic carbocycles. The standard InChI is InChI=1S/C12H14Cl2O2/c1-3-9(12(15)16-4-2)10-7-8(13)5-6-11(10)14/h5-7,9H,3-4H2,1-2H3. The van der Waals surface area contributed by atoms with E-state index in [9.17, 15) is 4.79 Å². The number of benzene rings is 1. The second kappa shape index (κ2) is 6.12. The summed E-state index contributed by atoms with van der Waals surface area (Å²) in [5.74, 6) is -0.597. The molecule has 0 radical (unpaired) electrons. The van der Waals surface area contributed by atoms with E-state index in [4.69, 9.17) is 27.9 Å². The molecule has 0 amide bonds. The Morgan fingerprint density at radius 1 is 1.38 bits per heavy atom. The van der Waals surface area contributed by atoms with Crippen LogP contribution in [0.5, 0.6) is 0 Å². The normalized spacial score (nSPS) is 12.2. The lowest BCUT2D eigenvalue weighted by Gasteiger charge is -2.15. The maximum Gasteiger partial charge on any atom is 0.313 e. The Kier molecular flexibility index (Phi) is 5.10. The van der Waals surface area contributed by atoms with Crippen molar-refractivity contribution in [2.45, 2.75) is 26.2 Å². The van der Waals surface area contributed by atoms with Gasteiger partial charge in [0.05, 0.1) is 12.5 Å². The van der Waals surface area contributed by atoms with E-state index in [2.05, 4.69) is 0 Å². The van der Waals surface area contributed by atoms with Gasteiger partial charge in [-0.25, -0.2) is 0 Å². The summed E-state index contributed by atoms with van der Waals surface area (Å²) in [5, 5.41) is 1.12. The van der Waals surface area contributed by atoms with Gasteiger partial charge < -0.3 is 4.74 Å². The van der Waals surface area contributed by atoms with Crippen LogP contribution in [0.15, 0.2) is 18.2 Å². The fourth-order valence-corrected chi connectivity index (χ4v) is 1.97. The Labute approximate surface area is 106 Å². The third-order valence-corrected chi connectivity index (χ3v) is 2.89. The third-order valence-electron chi connectivity index (χ3n) is 2.31. The van der Waals surface area contributed by atoms with E-state index >= 15 is 0 Å². The average molecular weight is 261 g/mol. The first-order chi connectivity index (χ1) is 7.60. The van der Waals surface area contributed by atoms with Crippen molar-refractivity contribution in [3.63, 3.8) is 0 Å². The number of rotatable bonds is 4. The van der Waals surface area contributed by atoms with Crippen molar-refractivity contribution in [3.8, 4) is 0 Å². The highest BCUT2D eigenvalue weighted by Gasteiger charge is 2.22. The van der Waals surface area contributed by atoms with Gasteiger partial charge in [-0.1, -0.05) is 30.1 Å². The molecule has 0 spiro atoms. The number of carbonyl (C=O) groups excluding carboxylic acids is 1. The van der Waals surface area contributed by atoms with E-state index in [-0.39, 0.29) is 11.9 Å². The average Bonchev–Trinajstić information content (AvgIpc) is 2.24. The lowest BCUT2D eigenvalue weighted by atomic mass is 9.96. The summed E-state index contributed by atoms with van der Waals surface area (Å²) in [5.41, 5.74) is 0.732. The van der Waals surface area contributed by atoms with Crippen LogP contribution in [-0.2, 0) is 9.53 Å². The molecule has 1 aromatic rings. The van der Waals surface area contributed by atoms with Crippen molar-refractivity contribution in [1.82, 2.24) is 0 Å². The third kappa shape index (κ3) is 3.13. The van der Waals surface area contributed by atoms with E-state index in [0.29, 0.717) is 23.1 Å².